The van der Waals surface area contributed by atoms with E-state index in [1.165, 1.54) is 22.2 Å². The van der Waals surface area contributed by atoms with E-state index in [2.05, 4.69) is 40.2 Å². The molecule has 0 aliphatic carbocycles. The third-order valence-electron chi connectivity index (χ3n) is 5.68. The van der Waals surface area contributed by atoms with Crippen molar-refractivity contribution in [3.8, 4) is 0 Å². The molecule has 2 atom stereocenters. The van der Waals surface area contributed by atoms with Crippen molar-refractivity contribution in [1.29, 1.82) is 0 Å². The minimum atomic E-state index is -0.542. The third-order valence-corrected chi connectivity index (χ3v) is 5.68. The fraction of sp³-hybridized carbons (Fsp3) is 0.455. The first-order valence-corrected chi connectivity index (χ1v) is 9.94. The summed E-state index contributed by atoms with van der Waals surface area (Å²) in [4.78, 5) is 29.5. The Kier molecular flexibility index (Phi) is 5.22. The van der Waals surface area contributed by atoms with Crippen molar-refractivity contribution in [3.63, 3.8) is 0 Å². The summed E-state index contributed by atoms with van der Waals surface area (Å²) >= 11 is 0. The number of benzene rings is 1. The Balaban J connectivity index is 1.45. The number of H-pyrrole nitrogens is 1. The lowest BCUT2D eigenvalue weighted by atomic mass is 9.90. The molecule has 0 saturated carbocycles. The number of nitrogens with one attached hydrogen (secondary N) is 1. The third kappa shape index (κ3) is 3.56. The molecule has 2 aromatic rings. The van der Waals surface area contributed by atoms with E-state index in [1.807, 2.05) is 6.92 Å². The number of nitrogens with zero attached hydrogens (tertiary/aromatic N) is 1. The van der Waals surface area contributed by atoms with Gasteiger partial charge < -0.3 is 14.5 Å². The molecule has 28 heavy (non-hydrogen) atoms. The molecular formula is C22H26N2O4. The molecule has 6 heteroatoms. The summed E-state index contributed by atoms with van der Waals surface area (Å²) in [5, 5.41) is 1.33. The van der Waals surface area contributed by atoms with Gasteiger partial charge in [0.05, 0.1) is 12.6 Å². The summed E-state index contributed by atoms with van der Waals surface area (Å²) in [7, 11) is 0. The lowest BCUT2D eigenvalue weighted by Gasteiger charge is -2.39. The summed E-state index contributed by atoms with van der Waals surface area (Å²) in [6.45, 7) is 5.60. The Morgan fingerprint density at radius 2 is 2.11 bits per heavy atom. The normalized spacial score (nSPS) is 20.1. The summed E-state index contributed by atoms with van der Waals surface area (Å²) in [5.74, 6) is -1.08. The zero-order chi connectivity index (χ0) is 19.7. The number of ether oxygens (including phenoxy) is 2. The highest BCUT2D eigenvalue weighted by atomic mass is 16.6. The molecule has 0 amide bonds. The Morgan fingerprint density at radius 3 is 2.93 bits per heavy atom. The van der Waals surface area contributed by atoms with Gasteiger partial charge in [0.1, 0.15) is 12.5 Å². The molecule has 4 rings (SSSR count). The molecule has 0 unspecified atom stereocenters. The van der Waals surface area contributed by atoms with Crippen LogP contribution in [0.15, 0.2) is 35.9 Å². The average Bonchev–Trinajstić information content (AvgIpc) is 3.06. The van der Waals surface area contributed by atoms with Crippen molar-refractivity contribution >= 4 is 22.8 Å². The van der Waals surface area contributed by atoms with Crippen LogP contribution in [0.25, 0.3) is 10.9 Å². The van der Waals surface area contributed by atoms with Crippen LogP contribution in [-0.2, 0) is 25.5 Å². The number of aromatic nitrogens is 1. The van der Waals surface area contributed by atoms with Gasteiger partial charge in [0, 0.05) is 29.7 Å². The number of hydrogen-bond donors (Lipinski definition) is 1. The smallest absolute Gasteiger partial charge is 0.317 e. The van der Waals surface area contributed by atoms with Crippen molar-refractivity contribution in [2.24, 2.45) is 0 Å². The predicted octanol–water partition coefficient (Wildman–Crippen LogP) is 3.28. The summed E-state index contributed by atoms with van der Waals surface area (Å²) < 4.78 is 10.3. The van der Waals surface area contributed by atoms with Crippen LogP contribution in [0.4, 0.5) is 0 Å². The number of hydrogen-bond acceptors (Lipinski definition) is 5. The van der Waals surface area contributed by atoms with Crippen LogP contribution in [-0.4, -0.2) is 47.6 Å². The molecule has 1 aromatic heterocycles. The van der Waals surface area contributed by atoms with E-state index in [-0.39, 0.29) is 19.1 Å². The average molecular weight is 382 g/mol. The second kappa shape index (κ2) is 7.80. The first-order chi connectivity index (χ1) is 13.6. The molecular weight excluding hydrogens is 356 g/mol. The quantitative estimate of drug-likeness (QED) is 0.488. The summed E-state index contributed by atoms with van der Waals surface area (Å²) in [6.07, 6.45) is 3.40. The van der Waals surface area contributed by atoms with Crippen LogP contribution in [0.5, 0.6) is 0 Å². The number of carbonyl (C=O) groups is 2. The van der Waals surface area contributed by atoms with Gasteiger partial charge in [-0.3, -0.25) is 14.5 Å². The number of esters is 2. The van der Waals surface area contributed by atoms with Gasteiger partial charge in [-0.2, -0.15) is 0 Å². The summed E-state index contributed by atoms with van der Waals surface area (Å²) in [6, 6.07) is 8.81. The van der Waals surface area contributed by atoms with Crippen LogP contribution in [0.3, 0.4) is 0 Å². The topological polar surface area (TPSA) is 71.6 Å². The lowest BCUT2D eigenvalue weighted by molar-refractivity contribution is -0.156. The van der Waals surface area contributed by atoms with Gasteiger partial charge >= 0.3 is 11.9 Å². The summed E-state index contributed by atoms with van der Waals surface area (Å²) in [5.41, 5.74) is 5.04. The van der Waals surface area contributed by atoms with Gasteiger partial charge in [-0.05, 0) is 43.9 Å². The zero-order valence-electron chi connectivity index (χ0n) is 16.4. The fourth-order valence-corrected chi connectivity index (χ4v) is 4.33. The highest BCUT2D eigenvalue weighted by Gasteiger charge is 2.33. The van der Waals surface area contributed by atoms with E-state index < -0.39 is 11.9 Å². The molecule has 2 aliphatic rings. The van der Waals surface area contributed by atoms with Gasteiger partial charge in [0.15, 0.2) is 0 Å². The van der Waals surface area contributed by atoms with Crippen LogP contribution in [0, 0.1) is 0 Å². The fourth-order valence-electron chi connectivity index (χ4n) is 4.33. The van der Waals surface area contributed by atoms with Crippen molar-refractivity contribution < 1.29 is 19.1 Å². The van der Waals surface area contributed by atoms with E-state index in [0.717, 1.165) is 31.5 Å². The van der Waals surface area contributed by atoms with E-state index in [0.29, 0.717) is 6.04 Å². The standard InChI is InChI=1S/C22H26N2O4/c1-3-27-20(25)12-21(26)28-14(2)15-8-9-19-22-17(10-11-24(19)13-15)16-6-4-5-7-18(16)23-22/h4-8,14,19,23H,3,9-13H2,1-2H3/t14-,19+/m1/s1. The zero-order valence-corrected chi connectivity index (χ0v) is 16.4. The number of aromatic amines is 1. The number of rotatable bonds is 5. The molecule has 0 spiro atoms. The van der Waals surface area contributed by atoms with Crippen molar-refractivity contribution in [1.82, 2.24) is 9.88 Å². The molecule has 6 nitrogen and oxygen atoms in total. The van der Waals surface area contributed by atoms with Crippen LogP contribution < -0.4 is 0 Å². The van der Waals surface area contributed by atoms with Crippen molar-refractivity contribution in [2.75, 3.05) is 19.7 Å². The second-order valence-corrected chi connectivity index (χ2v) is 7.43. The predicted molar refractivity (Wildman–Crippen MR) is 106 cm³/mol. The number of carbonyl (C=O) groups excluding carboxylic acids is 2. The molecule has 0 radical (unpaired) electrons. The van der Waals surface area contributed by atoms with Gasteiger partial charge in [0.25, 0.3) is 0 Å². The molecule has 1 aromatic carbocycles. The molecule has 2 aliphatic heterocycles. The van der Waals surface area contributed by atoms with Gasteiger partial charge in [-0.25, -0.2) is 0 Å². The highest BCUT2D eigenvalue weighted by molar-refractivity contribution is 5.91. The second-order valence-electron chi connectivity index (χ2n) is 7.43. The van der Waals surface area contributed by atoms with Crippen molar-refractivity contribution in [2.45, 2.75) is 45.3 Å². The Morgan fingerprint density at radius 1 is 1.29 bits per heavy atom. The van der Waals surface area contributed by atoms with Crippen LogP contribution in [0.1, 0.15) is 44.0 Å². The Bertz CT molecular complexity index is 930. The largest absolute Gasteiger partial charge is 0.466 e. The number of fused-ring (bicyclic) bond motifs is 5. The Hall–Kier alpha value is -2.60. The first-order valence-electron chi connectivity index (χ1n) is 9.94. The number of para-hydroxylation sites is 1. The molecule has 0 bridgehead atoms. The molecule has 0 fully saturated rings. The molecule has 3 heterocycles. The molecule has 1 N–H and O–H groups in total. The van der Waals surface area contributed by atoms with E-state index in [9.17, 15) is 9.59 Å². The SMILES string of the molecule is CCOC(=O)CC(=O)O[C@H](C)C1=CC[C@H]2c3[nH]c4ccccc4c3CCN2C1. The van der Waals surface area contributed by atoms with E-state index in [4.69, 9.17) is 9.47 Å². The van der Waals surface area contributed by atoms with Crippen LogP contribution in [0.2, 0.25) is 0 Å². The minimum Gasteiger partial charge on any atom is -0.466 e. The maximum absolute atomic E-state index is 12.0. The highest BCUT2D eigenvalue weighted by Crippen LogP contribution is 2.39. The van der Waals surface area contributed by atoms with E-state index >= 15 is 0 Å². The maximum atomic E-state index is 12.0. The van der Waals surface area contributed by atoms with Gasteiger partial charge in [-0.1, -0.05) is 24.3 Å². The van der Waals surface area contributed by atoms with Crippen molar-refractivity contribution in [3.05, 3.63) is 47.2 Å². The monoisotopic (exact) mass is 382 g/mol. The molecule has 0 saturated heterocycles. The van der Waals surface area contributed by atoms with Gasteiger partial charge in [-0.15, -0.1) is 0 Å². The maximum Gasteiger partial charge on any atom is 0.317 e. The first kappa shape index (κ1) is 18.7. The minimum absolute atomic E-state index is 0.263. The van der Waals surface area contributed by atoms with Crippen LogP contribution >= 0.6 is 0 Å². The molecule has 148 valence electrons. The van der Waals surface area contributed by atoms with Gasteiger partial charge in [0.2, 0.25) is 0 Å². The Labute approximate surface area is 164 Å². The lowest BCUT2D eigenvalue weighted by Crippen LogP contribution is -2.40. The van der Waals surface area contributed by atoms with E-state index in [1.54, 1.807) is 6.92 Å².